The normalized spacial score (nSPS) is 12.4. The van der Waals surface area contributed by atoms with E-state index >= 15 is 0 Å². The molecule has 4 heteroatoms. The van der Waals surface area contributed by atoms with Crippen LogP contribution in [0.3, 0.4) is 0 Å². The number of aromatic nitrogens is 3. The van der Waals surface area contributed by atoms with Gasteiger partial charge >= 0.3 is 0 Å². The summed E-state index contributed by atoms with van der Waals surface area (Å²) in [6.45, 7) is 10.5. The molecule has 2 heterocycles. The summed E-state index contributed by atoms with van der Waals surface area (Å²) in [5.74, 6) is 1.12. The van der Waals surface area contributed by atoms with Crippen molar-refractivity contribution in [2.24, 2.45) is 0 Å². The summed E-state index contributed by atoms with van der Waals surface area (Å²) in [5, 5.41) is 3.47. The molecule has 2 aromatic heterocycles. The van der Waals surface area contributed by atoms with E-state index in [0.29, 0.717) is 11.7 Å². The number of pyridine rings is 1. The Morgan fingerprint density at radius 2 is 1.86 bits per heavy atom. The fourth-order valence-electron chi connectivity index (χ4n) is 2.65. The van der Waals surface area contributed by atoms with E-state index in [1.54, 1.807) is 6.20 Å². The lowest BCUT2D eigenvalue weighted by Gasteiger charge is -2.17. The van der Waals surface area contributed by atoms with Crippen LogP contribution in [0.5, 0.6) is 0 Å². The van der Waals surface area contributed by atoms with Gasteiger partial charge in [-0.05, 0) is 50.4 Å². The minimum Gasteiger partial charge on any atom is -0.316 e. The number of rotatable bonds is 6. The Balaban J connectivity index is 2.25. The first-order valence-electron chi connectivity index (χ1n) is 7.60. The van der Waals surface area contributed by atoms with Crippen molar-refractivity contribution in [1.82, 2.24) is 20.3 Å². The first-order valence-corrected chi connectivity index (χ1v) is 7.60. The third kappa shape index (κ3) is 3.85. The minimum atomic E-state index is 0.411. The molecule has 21 heavy (non-hydrogen) atoms. The van der Waals surface area contributed by atoms with Gasteiger partial charge in [0.1, 0.15) is 5.69 Å². The Morgan fingerprint density at radius 3 is 2.43 bits per heavy atom. The van der Waals surface area contributed by atoms with Gasteiger partial charge in [-0.25, -0.2) is 9.97 Å². The highest BCUT2D eigenvalue weighted by Crippen LogP contribution is 2.23. The molecule has 1 atom stereocenters. The maximum atomic E-state index is 4.65. The second kappa shape index (κ2) is 7.27. The van der Waals surface area contributed by atoms with Crippen molar-refractivity contribution in [2.45, 2.75) is 40.0 Å². The highest BCUT2D eigenvalue weighted by molar-refractivity contribution is 5.50. The summed E-state index contributed by atoms with van der Waals surface area (Å²) in [4.78, 5) is 13.6. The van der Waals surface area contributed by atoms with Gasteiger partial charge in [-0.1, -0.05) is 19.9 Å². The number of hydrogen-bond acceptors (Lipinski definition) is 4. The first-order chi connectivity index (χ1) is 10.1. The lowest BCUT2D eigenvalue weighted by Crippen LogP contribution is -2.22. The topological polar surface area (TPSA) is 50.7 Å². The second-order valence-electron chi connectivity index (χ2n) is 5.45. The molecule has 0 aliphatic carbocycles. The van der Waals surface area contributed by atoms with Crippen LogP contribution in [0.25, 0.3) is 11.5 Å². The second-order valence-corrected chi connectivity index (χ2v) is 5.45. The molecular formula is C17H24N4. The maximum absolute atomic E-state index is 4.65. The van der Waals surface area contributed by atoms with Crippen molar-refractivity contribution in [3.8, 4) is 11.5 Å². The Kier molecular flexibility index (Phi) is 5.39. The van der Waals surface area contributed by atoms with Crippen LogP contribution in [0, 0.1) is 13.8 Å². The molecule has 0 aliphatic rings. The molecule has 0 saturated carbocycles. The van der Waals surface area contributed by atoms with Crippen molar-refractivity contribution in [1.29, 1.82) is 0 Å². The van der Waals surface area contributed by atoms with Crippen LogP contribution < -0.4 is 5.32 Å². The molecule has 0 spiro atoms. The molecule has 0 saturated heterocycles. The van der Waals surface area contributed by atoms with Gasteiger partial charge in [-0.15, -0.1) is 0 Å². The molecule has 4 nitrogen and oxygen atoms in total. The zero-order valence-electron chi connectivity index (χ0n) is 13.3. The van der Waals surface area contributed by atoms with Gasteiger partial charge in [0, 0.05) is 24.1 Å². The monoisotopic (exact) mass is 284 g/mol. The molecule has 0 amide bonds. The largest absolute Gasteiger partial charge is 0.316 e. The predicted octanol–water partition coefficient (Wildman–Crippen LogP) is 3.26. The molecule has 1 N–H and O–H groups in total. The van der Waals surface area contributed by atoms with Crippen molar-refractivity contribution >= 4 is 0 Å². The lowest BCUT2D eigenvalue weighted by atomic mass is 9.98. The number of nitrogens with zero attached hydrogens (tertiary/aromatic N) is 3. The zero-order chi connectivity index (χ0) is 15.2. The summed E-state index contributed by atoms with van der Waals surface area (Å²) in [6.07, 6.45) is 2.92. The Hall–Kier alpha value is -1.81. The molecule has 112 valence electrons. The summed E-state index contributed by atoms with van der Waals surface area (Å²) in [5.41, 5.74) is 4.17. The van der Waals surface area contributed by atoms with Gasteiger partial charge < -0.3 is 5.32 Å². The van der Waals surface area contributed by atoms with Gasteiger partial charge in [-0.2, -0.15) is 0 Å². The van der Waals surface area contributed by atoms with Crippen molar-refractivity contribution < 1.29 is 0 Å². The summed E-state index contributed by atoms with van der Waals surface area (Å²) >= 11 is 0. The molecule has 1 unspecified atom stereocenters. The first kappa shape index (κ1) is 15.6. The summed E-state index contributed by atoms with van der Waals surface area (Å²) in [6, 6.07) is 5.81. The van der Waals surface area contributed by atoms with Gasteiger partial charge in [0.15, 0.2) is 5.82 Å². The van der Waals surface area contributed by atoms with E-state index in [0.717, 1.165) is 36.6 Å². The quantitative estimate of drug-likeness (QED) is 0.827. The molecule has 0 aliphatic heterocycles. The number of nitrogens with one attached hydrogen (secondary N) is 1. The highest BCUT2D eigenvalue weighted by atomic mass is 14.9. The third-order valence-corrected chi connectivity index (χ3v) is 3.59. The average Bonchev–Trinajstić information content (AvgIpc) is 2.47. The smallest absolute Gasteiger partial charge is 0.178 e. The maximum Gasteiger partial charge on any atom is 0.178 e. The molecule has 0 radical (unpaired) electrons. The third-order valence-electron chi connectivity index (χ3n) is 3.59. The molecule has 0 aromatic carbocycles. The lowest BCUT2D eigenvalue weighted by molar-refractivity contribution is 0.601. The van der Waals surface area contributed by atoms with Crippen LogP contribution in [0.2, 0.25) is 0 Å². The van der Waals surface area contributed by atoms with E-state index < -0.39 is 0 Å². The van der Waals surface area contributed by atoms with Crippen LogP contribution in [0.15, 0.2) is 24.4 Å². The summed E-state index contributed by atoms with van der Waals surface area (Å²) < 4.78 is 0. The van der Waals surface area contributed by atoms with E-state index in [2.05, 4.69) is 48.0 Å². The van der Waals surface area contributed by atoms with Gasteiger partial charge in [-0.3, -0.25) is 4.98 Å². The van der Waals surface area contributed by atoms with Crippen molar-refractivity contribution in [3.05, 3.63) is 41.3 Å². The van der Waals surface area contributed by atoms with Gasteiger partial charge in [0.05, 0.1) is 0 Å². The van der Waals surface area contributed by atoms with E-state index in [-0.39, 0.29) is 0 Å². The highest BCUT2D eigenvalue weighted by Gasteiger charge is 2.15. The molecule has 0 bridgehead atoms. The summed E-state index contributed by atoms with van der Waals surface area (Å²) in [7, 11) is 0. The number of hydrogen-bond donors (Lipinski definition) is 1. The minimum absolute atomic E-state index is 0.411. The molecule has 2 rings (SSSR count). The fraction of sp³-hybridized carbons (Fsp3) is 0.471. The Labute approximate surface area is 127 Å². The van der Waals surface area contributed by atoms with Crippen LogP contribution in [0.1, 0.15) is 43.1 Å². The molecule has 2 aromatic rings. The zero-order valence-corrected chi connectivity index (χ0v) is 13.3. The van der Waals surface area contributed by atoms with E-state index in [4.69, 9.17) is 0 Å². The number of aryl methyl sites for hydroxylation is 2. The average molecular weight is 284 g/mol. The van der Waals surface area contributed by atoms with E-state index in [1.807, 2.05) is 18.2 Å². The van der Waals surface area contributed by atoms with Gasteiger partial charge in [0.25, 0.3) is 0 Å². The van der Waals surface area contributed by atoms with Crippen LogP contribution in [-0.4, -0.2) is 28.0 Å². The van der Waals surface area contributed by atoms with Gasteiger partial charge in [0.2, 0.25) is 0 Å². The van der Waals surface area contributed by atoms with Crippen LogP contribution >= 0.6 is 0 Å². The van der Waals surface area contributed by atoms with Crippen molar-refractivity contribution in [2.75, 3.05) is 13.1 Å². The van der Waals surface area contributed by atoms with Crippen molar-refractivity contribution in [3.63, 3.8) is 0 Å². The van der Waals surface area contributed by atoms with E-state index in [1.165, 1.54) is 5.56 Å². The Bertz CT molecular complexity index is 558. The SMILES string of the molecule is CCCNCC(C)c1c(C)nc(-c2ccccn2)nc1C. The van der Waals surface area contributed by atoms with Crippen LogP contribution in [-0.2, 0) is 0 Å². The predicted molar refractivity (Wildman–Crippen MR) is 86.3 cm³/mol. The van der Waals surface area contributed by atoms with E-state index in [9.17, 15) is 0 Å². The standard InChI is InChI=1S/C17H24N4/c1-5-9-18-11-12(2)16-13(3)20-17(21-14(16)4)15-8-6-7-10-19-15/h6-8,10,12,18H,5,9,11H2,1-4H3. The molecular weight excluding hydrogens is 260 g/mol. The molecule has 0 fully saturated rings. The fourth-order valence-corrected chi connectivity index (χ4v) is 2.65. The van der Waals surface area contributed by atoms with Crippen LogP contribution in [0.4, 0.5) is 0 Å². The Morgan fingerprint density at radius 1 is 1.14 bits per heavy atom.